The van der Waals surface area contributed by atoms with Crippen LogP contribution in [0.4, 0.5) is 11.5 Å². The highest BCUT2D eigenvalue weighted by Gasteiger charge is 2.14. The molecule has 0 aliphatic carbocycles. The van der Waals surface area contributed by atoms with Gasteiger partial charge in [-0.3, -0.25) is 10.1 Å². The van der Waals surface area contributed by atoms with Crippen LogP contribution in [0.2, 0.25) is 0 Å². The van der Waals surface area contributed by atoms with Crippen molar-refractivity contribution in [2.24, 2.45) is 0 Å². The summed E-state index contributed by atoms with van der Waals surface area (Å²) in [6.45, 7) is 2.11. The molecule has 0 atom stereocenters. The van der Waals surface area contributed by atoms with E-state index in [2.05, 4.69) is 10.3 Å². The number of aromatic nitrogens is 1. The summed E-state index contributed by atoms with van der Waals surface area (Å²) in [6.07, 6.45) is 1.66. The van der Waals surface area contributed by atoms with Crippen LogP contribution < -0.4 is 10.1 Å². The summed E-state index contributed by atoms with van der Waals surface area (Å²) in [5.74, 6) is 1.00. The molecule has 6 heteroatoms. The highest BCUT2D eigenvalue weighted by atomic mass is 16.6. The van der Waals surface area contributed by atoms with Crippen LogP contribution >= 0.6 is 0 Å². The third kappa shape index (κ3) is 3.23. The number of pyridine rings is 1. The molecule has 2 aromatic rings. The van der Waals surface area contributed by atoms with E-state index in [9.17, 15) is 10.1 Å². The Labute approximate surface area is 116 Å². The Kier molecular flexibility index (Phi) is 4.14. The van der Waals surface area contributed by atoms with E-state index in [0.29, 0.717) is 0 Å². The molecule has 0 saturated heterocycles. The van der Waals surface area contributed by atoms with E-state index in [4.69, 9.17) is 4.74 Å². The first-order valence-electron chi connectivity index (χ1n) is 6.10. The minimum absolute atomic E-state index is 0.0292. The predicted molar refractivity (Wildman–Crippen MR) is 75.9 cm³/mol. The van der Waals surface area contributed by atoms with Gasteiger partial charge in [0.2, 0.25) is 0 Å². The summed E-state index contributed by atoms with van der Waals surface area (Å²) in [5, 5.41) is 13.9. The van der Waals surface area contributed by atoms with Crippen LogP contribution in [0.5, 0.6) is 5.75 Å². The van der Waals surface area contributed by atoms with Crippen molar-refractivity contribution in [2.75, 3.05) is 12.4 Å². The highest BCUT2D eigenvalue weighted by molar-refractivity contribution is 5.48. The van der Waals surface area contributed by atoms with Crippen molar-refractivity contribution in [1.82, 2.24) is 4.98 Å². The van der Waals surface area contributed by atoms with Gasteiger partial charge in [0.05, 0.1) is 4.92 Å². The molecule has 0 saturated carbocycles. The quantitative estimate of drug-likeness (QED) is 0.669. The van der Waals surface area contributed by atoms with Gasteiger partial charge in [0, 0.05) is 19.3 Å². The lowest BCUT2D eigenvalue weighted by molar-refractivity contribution is -0.386. The summed E-state index contributed by atoms with van der Waals surface area (Å²) in [5.41, 5.74) is 1.77. The topological polar surface area (TPSA) is 77.3 Å². The minimum atomic E-state index is -0.444. The van der Waals surface area contributed by atoms with Gasteiger partial charge in [0.15, 0.2) is 5.75 Å². The Bertz CT molecular complexity index is 629. The summed E-state index contributed by atoms with van der Waals surface area (Å²) in [4.78, 5) is 14.6. The monoisotopic (exact) mass is 273 g/mol. The van der Waals surface area contributed by atoms with Gasteiger partial charge in [0.1, 0.15) is 12.4 Å². The number of anilines is 1. The first-order chi connectivity index (χ1) is 9.60. The highest BCUT2D eigenvalue weighted by Crippen LogP contribution is 2.28. The van der Waals surface area contributed by atoms with Crippen LogP contribution in [0.1, 0.15) is 11.1 Å². The summed E-state index contributed by atoms with van der Waals surface area (Å²) < 4.78 is 5.57. The maximum Gasteiger partial charge on any atom is 0.310 e. The summed E-state index contributed by atoms with van der Waals surface area (Å²) in [7, 11) is 1.78. The van der Waals surface area contributed by atoms with Crippen LogP contribution in [-0.2, 0) is 6.61 Å². The van der Waals surface area contributed by atoms with E-state index in [-0.39, 0.29) is 18.0 Å². The molecule has 0 aliphatic rings. The molecule has 1 aromatic carbocycles. The number of aryl methyl sites for hydroxylation is 1. The van der Waals surface area contributed by atoms with Gasteiger partial charge in [-0.05, 0) is 36.2 Å². The number of hydrogen-bond acceptors (Lipinski definition) is 5. The van der Waals surface area contributed by atoms with E-state index >= 15 is 0 Å². The molecule has 1 aromatic heterocycles. The average molecular weight is 273 g/mol. The Morgan fingerprint density at radius 1 is 1.35 bits per heavy atom. The molecule has 1 N–H and O–H groups in total. The molecular formula is C14H15N3O3. The molecule has 0 aliphatic heterocycles. The van der Waals surface area contributed by atoms with Gasteiger partial charge in [-0.2, -0.15) is 0 Å². The predicted octanol–water partition coefficient (Wildman–Crippen LogP) is 2.92. The molecular weight excluding hydrogens is 258 g/mol. The smallest absolute Gasteiger partial charge is 0.310 e. The fourth-order valence-corrected chi connectivity index (χ4v) is 1.75. The van der Waals surface area contributed by atoms with E-state index in [1.165, 1.54) is 6.07 Å². The van der Waals surface area contributed by atoms with Crippen LogP contribution in [0, 0.1) is 17.0 Å². The number of nitrogens with zero attached hydrogens (tertiary/aromatic N) is 2. The molecule has 0 fully saturated rings. The van der Waals surface area contributed by atoms with Crippen molar-refractivity contribution in [3.05, 3.63) is 57.8 Å². The second kappa shape index (κ2) is 6.01. The molecule has 2 rings (SSSR count). The number of rotatable bonds is 5. The van der Waals surface area contributed by atoms with Crippen molar-refractivity contribution >= 4 is 11.5 Å². The number of nitro groups is 1. The Hall–Kier alpha value is -2.63. The number of benzene rings is 1. The fourth-order valence-electron chi connectivity index (χ4n) is 1.75. The first-order valence-corrected chi connectivity index (χ1v) is 6.10. The third-order valence-electron chi connectivity index (χ3n) is 2.79. The zero-order valence-corrected chi connectivity index (χ0v) is 11.3. The SMILES string of the molecule is CNc1cc(COc2cc(C)ccc2[N+](=O)[O-])ccn1. The molecule has 6 nitrogen and oxygen atoms in total. The normalized spacial score (nSPS) is 10.1. The standard InChI is InChI=1S/C14H15N3O3/c1-10-3-4-12(17(18)19)13(7-10)20-9-11-5-6-16-14(8-11)15-2/h3-8H,9H2,1-2H3,(H,15,16). The second-order valence-electron chi connectivity index (χ2n) is 4.32. The number of ether oxygens (including phenoxy) is 1. The lowest BCUT2D eigenvalue weighted by atomic mass is 10.2. The van der Waals surface area contributed by atoms with Crippen LogP contribution in [0.25, 0.3) is 0 Å². The Morgan fingerprint density at radius 3 is 2.85 bits per heavy atom. The van der Waals surface area contributed by atoms with Gasteiger partial charge < -0.3 is 10.1 Å². The van der Waals surface area contributed by atoms with Crippen LogP contribution in [0.3, 0.4) is 0 Å². The minimum Gasteiger partial charge on any atom is -0.482 e. The van der Waals surface area contributed by atoms with E-state index in [0.717, 1.165) is 16.9 Å². The molecule has 20 heavy (non-hydrogen) atoms. The molecule has 104 valence electrons. The first kappa shape index (κ1) is 13.8. The van der Waals surface area contributed by atoms with Crippen LogP contribution in [-0.4, -0.2) is 17.0 Å². The maximum absolute atomic E-state index is 11.0. The van der Waals surface area contributed by atoms with E-state index in [1.807, 2.05) is 19.1 Å². The largest absolute Gasteiger partial charge is 0.482 e. The zero-order valence-electron chi connectivity index (χ0n) is 11.3. The second-order valence-corrected chi connectivity index (χ2v) is 4.32. The van der Waals surface area contributed by atoms with E-state index in [1.54, 1.807) is 25.4 Å². The van der Waals surface area contributed by atoms with Crippen molar-refractivity contribution in [3.8, 4) is 5.75 Å². The molecule has 0 spiro atoms. The van der Waals surface area contributed by atoms with Gasteiger partial charge in [-0.25, -0.2) is 4.98 Å². The summed E-state index contributed by atoms with van der Waals surface area (Å²) in [6, 6.07) is 8.45. The van der Waals surface area contributed by atoms with Gasteiger partial charge >= 0.3 is 5.69 Å². The summed E-state index contributed by atoms with van der Waals surface area (Å²) >= 11 is 0. The van der Waals surface area contributed by atoms with Crippen LogP contribution in [0.15, 0.2) is 36.5 Å². The number of nitro benzene ring substituents is 1. The van der Waals surface area contributed by atoms with Crippen molar-refractivity contribution < 1.29 is 9.66 Å². The fraction of sp³-hybridized carbons (Fsp3) is 0.214. The zero-order chi connectivity index (χ0) is 14.5. The molecule has 1 heterocycles. The van der Waals surface area contributed by atoms with Crippen molar-refractivity contribution in [3.63, 3.8) is 0 Å². The average Bonchev–Trinajstić information content (AvgIpc) is 2.45. The lowest BCUT2D eigenvalue weighted by Crippen LogP contribution is -2.01. The number of hydrogen-bond donors (Lipinski definition) is 1. The van der Waals surface area contributed by atoms with Gasteiger partial charge in [-0.15, -0.1) is 0 Å². The van der Waals surface area contributed by atoms with Crippen molar-refractivity contribution in [1.29, 1.82) is 0 Å². The molecule has 0 unspecified atom stereocenters. The maximum atomic E-state index is 11.0. The van der Waals surface area contributed by atoms with E-state index < -0.39 is 4.92 Å². The molecule has 0 radical (unpaired) electrons. The Morgan fingerprint density at radius 2 is 2.15 bits per heavy atom. The third-order valence-corrected chi connectivity index (χ3v) is 2.79. The van der Waals surface area contributed by atoms with Gasteiger partial charge in [-0.1, -0.05) is 6.07 Å². The molecule has 0 bridgehead atoms. The molecule has 0 amide bonds. The van der Waals surface area contributed by atoms with Crippen molar-refractivity contribution in [2.45, 2.75) is 13.5 Å². The Balaban J connectivity index is 2.17. The van der Waals surface area contributed by atoms with Gasteiger partial charge in [0.25, 0.3) is 0 Å². The lowest BCUT2D eigenvalue weighted by Gasteiger charge is -2.08. The number of nitrogens with one attached hydrogen (secondary N) is 1.